The Morgan fingerprint density at radius 1 is 1.09 bits per heavy atom. The van der Waals surface area contributed by atoms with E-state index in [1.54, 1.807) is 13.2 Å². The van der Waals surface area contributed by atoms with Crippen LogP contribution < -0.4 is 19.9 Å². The molecule has 1 saturated heterocycles. The predicted octanol–water partition coefficient (Wildman–Crippen LogP) is 3.86. The molecule has 2 atom stereocenters. The van der Waals surface area contributed by atoms with E-state index in [9.17, 15) is 18.0 Å². The van der Waals surface area contributed by atoms with Crippen LogP contribution >= 0.6 is 0 Å². The molecule has 2 heterocycles. The topological polar surface area (TPSA) is 44.8 Å². The summed E-state index contributed by atoms with van der Waals surface area (Å²) in [5.41, 5.74) is 1.70. The fourth-order valence-electron chi connectivity index (χ4n) is 4.95. The first-order chi connectivity index (χ1) is 15.3. The monoisotopic (exact) mass is 445 g/mol. The molecule has 1 amide bonds. The zero-order valence-corrected chi connectivity index (χ0v) is 17.9. The predicted molar refractivity (Wildman–Crippen MR) is 116 cm³/mol. The van der Waals surface area contributed by atoms with Gasteiger partial charge < -0.3 is 19.9 Å². The highest BCUT2D eigenvalue weighted by atomic mass is 19.4. The molecular formula is C24H26F3N3O2. The van der Waals surface area contributed by atoms with E-state index in [2.05, 4.69) is 15.1 Å². The Morgan fingerprint density at radius 3 is 2.59 bits per heavy atom. The molecule has 1 N–H and O–H groups in total. The van der Waals surface area contributed by atoms with Crippen LogP contribution in [-0.2, 0) is 17.4 Å². The SMILES string of the molecule is COc1ccccc1N1CCN2c3ccc(C(F)(F)F)cc3C[C@H](C(=O)NC3CC3)[C@H]2C1. The molecule has 0 radical (unpaired) electrons. The Morgan fingerprint density at radius 2 is 1.88 bits per heavy atom. The quantitative estimate of drug-likeness (QED) is 0.777. The van der Waals surface area contributed by atoms with E-state index in [1.165, 1.54) is 6.07 Å². The highest BCUT2D eigenvalue weighted by Crippen LogP contribution is 2.41. The number of amides is 1. The number of halogens is 3. The summed E-state index contributed by atoms with van der Waals surface area (Å²) < 4.78 is 45.5. The van der Waals surface area contributed by atoms with Crippen LogP contribution in [0, 0.1) is 5.92 Å². The average molecular weight is 445 g/mol. The molecule has 2 fully saturated rings. The van der Waals surface area contributed by atoms with Crippen molar-refractivity contribution in [2.75, 3.05) is 36.5 Å². The van der Waals surface area contributed by atoms with Gasteiger partial charge in [0.25, 0.3) is 0 Å². The lowest BCUT2D eigenvalue weighted by molar-refractivity contribution is -0.137. The molecule has 0 bridgehead atoms. The zero-order chi connectivity index (χ0) is 22.5. The van der Waals surface area contributed by atoms with Gasteiger partial charge in [0.2, 0.25) is 5.91 Å². The van der Waals surface area contributed by atoms with Crippen molar-refractivity contribution >= 4 is 17.3 Å². The van der Waals surface area contributed by atoms with Crippen molar-refractivity contribution in [1.29, 1.82) is 0 Å². The second-order valence-corrected chi connectivity index (χ2v) is 8.81. The maximum Gasteiger partial charge on any atom is 0.416 e. The highest BCUT2D eigenvalue weighted by Gasteiger charge is 2.44. The minimum atomic E-state index is -4.40. The van der Waals surface area contributed by atoms with Crippen LogP contribution in [0.1, 0.15) is 24.0 Å². The van der Waals surface area contributed by atoms with Gasteiger partial charge in [-0.1, -0.05) is 12.1 Å². The van der Waals surface area contributed by atoms with E-state index in [0.717, 1.165) is 36.0 Å². The van der Waals surface area contributed by atoms with Gasteiger partial charge in [0, 0.05) is 31.4 Å². The van der Waals surface area contributed by atoms with Gasteiger partial charge in [-0.2, -0.15) is 13.2 Å². The van der Waals surface area contributed by atoms with Crippen molar-refractivity contribution in [2.45, 2.75) is 37.5 Å². The Labute approximate surface area is 185 Å². The van der Waals surface area contributed by atoms with Crippen LogP contribution in [0.3, 0.4) is 0 Å². The third-order valence-electron chi connectivity index (χ3n) is 6.73. The maximum atomic E-state index is 13.3. The third kappa shape index (κ3) is 3.87. The van der Waals surface area contributed by atoms with Crippen molar-refractivity contribution in [3.8, 4) is 5.75 Å². The number of methoxy groups -OCH3 is 1. The van der Waals surface area contributed by atoms with Gasteiger partial charge >= 0.3 is 6.18 Å². The van der Waals surface area contributed by atoms with Crippen molar-refractivity contribution in [1.82, 2.24) is 5.32 Å². The Balaban J connectivity index is 1.49. The molecular weight excluding hydrogens is 419 g/mol. The fraction of sp³-hybridized carbons (Fsp3) is 0.458. The molecule has 170 valence electrons. The summed E-state index contributed by atoms with van der Waals surface area (Å²) in [5, 5.41) is 3.08. The first kappa shape index (κ1) is 21.0. The van der Waals surface area contributed by atoms with Gasteiger partial charge in [-0.3, -0.25) is 4.79 Å². The summed E-state index contributed by atoms with van der Waals surface area (Å²) >= 11 is 0. The van der Waals surface area contributed by atoms with Crippen molar-refractivity contribution in [3.63, 3.8) is 0 Å². The van der Waals surface area contributed by atoms with Gasteiger partial charge in [0.1, 0.15) is 5.75 Å². The molecule has 5 nitrogen and oxygen atoms in total. The first-order valence-electron chi connectivity index (χ1n) is 11.0. The summed E-state index contributed by atoms with van der Waals surface area (Å²) in [4.78, 5) is 17.5. The molecule has 0 spiro atoms. The van der Waals surface area contributed by atoms with E-state index in [-0.39, 0.29) is 18.0 Å². The number of anilines is 2. The van der Waals surface area contributed by atoms with Gasteiger partial charge in [0.05, 0.1) is 30.3 Å². The molecule has 1 aliphatic carbocycles. The molecule has 2 aliphatic heterocycles. The molecule has 0 aromatic heterocycles. The number of hydrogen-bond donors (Lipinski definition) is 1. The second-order valence-electron chi connectivity index (χ2n) is 8.81. The largest absolute Gasteiger partial charge is 0.495 e. The van der Waals surface area contributed by atoms with E-state index in [0.29, 0.717) is 31.6 Å². The van der Waals surface area contributed by atoms with Gasteiger partial charge in [-0.15, -0.1) is 0 Å². The van der Waals surface area contributed by atoms with Crippen molar-refractivity contribution < 1.29 is 22.7 Å². The molecule has 2 aromatic carbocycles. The van der Waals surface area contributed by atoms with Gasteiger partial charge in [-0.25, -0.2) is 0 Å². The number of benzene rings is 2. The van der Waals surface area contributed by atoms with Crippen LogP contribution in [0.5, 0.6) is 5.75 Å². The lowest BCUT2D eigenvalue weighted by Crippen LogP contribution is -2.61. The molecule has 5 rings (SSSR count). The van der Waals surface area contributed by atoms with Crippen LogP contribution in [-0.4, -0.2) is 44.7 Å². The number of carbonyl (C=O) groups excluding carboxylic acids is 1. The lowest BCUT2D eigenvalue weighted by Gasteiger charge is -2.50. The summed E-state index contributed by atoms with van der Waals surface area (Å²) in [6, 6.07) is 11.8. The Bertz CT molecular complexity index is 1020. The standard InChI is InChI=1S/C24H26F3N3O2/c1-32-22-5-3-2-4-20(22)29-10-11-30-19-9-6-16(24(25,26)27)12-15(19)13-18(21(30)14-29)23(31)28-17-7-8-17/h2-6,9,12,17-18,21H,7-8,10-11,13-14H2,1H3,(H,28,31)/t18-,21+/m0/s1. The molecule has 2 aromatic rings. The number of piperazine rings is 1. The first-order valence-corrected chi connectivity index (χ1v) is 11.0. The third-order valence-corrected chi connectivity index (χ3v) is 6.73. The van der Waals surface area contributed by atoms with Crippen molar-refractivity contribution in [2.24, 2.45) is 5.92 Å². The van der Waals surface area contributed by atoms with Crippen LogP contribution in [0.4, 0.5) is 24.5 Å². The summed E-state index contributed by atoms with van der Waals surface area (Å²) in [5.74, 6) is 0.294. The smallest absolute Gasteiger partial charge is 0.416 e. The van der Waals surface area contributed by atoms with E-state index >= 15 is 0 Å². The normalized spacial score (nSPS) is 22.8. The van der Waals surface area contributed by atoms with Crippen LogP contribution in [0.15, 0.2) is 42.5 Å². The number of ether oxygens (including phenoxy) is 1. The second kappa shape index (κ2) is 7.90. The number of hydrogen-bond acceptors (Lipinski definition) is 4. The summed E-state index contributed by atoms with van der Waals surface area (Å²) in [7, 11) is 1.63. The molecule has 3 aliphatic rings. The van der Waals surface area contributed by atoms with Gasteiger partial charge in [0.15, 0.2) is 0 Å². The number of para-hydroxylation sites is 2. The maximum absolute atomic E-state index is 13.3. The highest BCUT2D eigenvalue weighted by molar-refractivity contribution is 5.83. The van der Waals surface area contributed by atoms with Crippen LogP contribution in [0.25, 0.3) is 0 Å². The van der Waals surface area contributed by atoms with Crippen molar-refractivity contribution in [3.05, 3.63) is 53.6 Å². The summed E-state index contributed by atoms with van der Waals surface area (Å²) in [6.07, 6.45) is -2.16. The summed E-state index contributed by atoms with van der Waals surface area (Å²) in [6.45, 7) is 1.91. The number of nitrogens with one attached hydrogen (secondary N) is 1. The molecule has 8 heteroatoms. The minimum absolute atomic E-state index is 0.0626. The van der Waals surface area contributed by atoms with E-state index < -0.39 is 17.7 Å². The van der Waals surface area contributed by atoms with Gasteiger partial charge in [-0.05, 0) is 55.2 Å². The Hall–Kier alpha value is -2.90. The van der Waals surface area contributed by atoms with Crippen LogP contribution in [0.2, 0.25) is 0 Å². The zero-order valence-electron chi connectivity index (χ0n) is 17.9. The van der Waals surface area contributed by atoms with E-state index in [4.69, 9.17) is 4.74 Å². The minimum Gasteiger partial charge on any atom is -0.495 e. The average Bonchev–Trinajstić information content (AvgIpc) is 3.61. The number of carbonyl (C=O) groups is 1. The number of rotatable bonds is 4. The van der Waals surface area contributed by atoms with E-state index in [1.807, 2.05) is 24.3 Å². The number of nitrogens with zero attached hydrogens (tertiary/aromatic N) is 2. The molecule has 1 saturated carbocycles. The number of alkyl halides is 3. The molecule has 0 unspecified atom stereocenters. The lowest BCUT2D eigenvalue weighted by atomic mass is 9.82. The Kier molecular flexibility index (Phi) is 5.18. The molecule has 32 heavy (non-hydrogen) atoms. The number of fused-ring (bicyclic) bond motifs is 3. The fourth-order valence-corrected chi connectivity index (χ4v) is 4.95.